The van der Waals surface area contributed by atoms with Gasteiger partial charge in [-0.3, -0.25) is 0 Å². The van der Waals surface area contributed by atoms with Crippen LogP contribution in [0, 0.1) is 5.41 Å². The quantitative estimate of drug-likeness (QED) is 0.555. The summed E-state index contributed by atoms with van der Waals surface area (Å²) in [7, 11) is 0. The Morgan fingerprint density at radius 1 is 1.50 bits per heavy atom. The molecule has 0 bridgehead atoms. The normalized spacial score (nSPS) is 21.0. The van der Waals surface area contributed by atoms with Crippen LogP contribution in [-0.2, 0) is 0 Å². The molecule has 1 fully saturated rings. The molecule has 0 saturated heterocycles. The molecule has 1 aliphatic carbocycles. The zero-order valence-electron chi connectivity index (χ0n) is 6.82. The van der Waals surface area contributed by atoms with Crippen LogP contribution >= 0.6 is 0 Å². The summed E-state index contributed by atoms with van der Waals surface area (Å²) in [5.74, 6) is 0. The van der Waals surface area contributed by atoms with Crippen LogP contribution in [0.25, 0.3) is 0 Å². The van der Waals surface area contributed by atoms with Gasteiger partial charge >= 0.3 is 0 Å². The van der Waals surface area contributed by atoms with Crippen LogP contribution in [0.4, 0.5) is 0 Å². The van der Waals surface area contributed by atoms with E-state index in [4.69, 9.17) is 5.73 Å². The maximum atomic E-state index is 5.35. The minimum absolute atomic E-state index is 0.647. The Labute approximate surface area is 63.2 Å². The Morgan fingerprint density at radius 3 is 2.70 bits per heavy atom. The third-order valence-electron chi connectivity index (χ3n) is 2.21. The SMILES string of the molecule is CC1(CNCCCN)CC1. The molecule has 0 atom stereocenters. The first-order chi connectivity index (χ1) is 4.77. The van der Waals surface area contributed by atoms with Crippen molar-refractivity contribution in [1.82, 2.24) is 5.32 Å². The third kappa shape index (κ3) is 2.67. The van der Waals surface area contributed by atoms with Crippen LogP contribution in [0.1, 0.15) is 26.2 Å². The molecule has 2 nitrogen and oxygen atoms in total. The molecule has 0 heterocycles. The first-order valence-corrected chi connectivity index (χ1v) is 4.18. The van der Waals surface area contributed by atoms with Crippen LogP contribution in [0.2, 0.25) is 0 Å². The highest BCUT2D eigenvalue weighted by Crippen LogP contribution is 2.43. The molecule has 0 unspecified atom stereocenters. The summed E-state index contributed by atoms with van der Waals surface area (Å²) in [6, 6.07) is 0. The van der Waals surface area contributed by atoms with Crippen LogP contribution in [0.5, 0.6) is 0 Å². The summed E-state index contributed by atoms with van der Waals surface area (Å²) in [6.07, 6.45) is 3.92. The van der Waals surface area contributed by atoms with Crippen molar-refractivity contribution in [3.05, 3.63) is 0 Å². The molecular weight excluding hydrogens is 124 g/mol. The Hall–Kier alpha value is -0.0800. The van der Waals surface area contributed by atoms with Gasteiger partial charge in [0.15, 0.2) is 0 Å². The van der Waals surface area contributed by atoms with Crippen molar-refractivity contribution in [3.63, 3.8) is 0 Å². The first-order valence-electron chi connectivity index (χ1n) is 4.18. The van der Waals surface area contributed by atoms with Crippen molar-refractivity contribution in [1.29, 1.82) is 0 Å². The van der Waals surface area contributed by atoms with Crippen molar-refractivity contribution >= 4 is 0 Å². The number of hydrogen-bond donors (Lipinski definition) is 2. The Bertz CT molecular complexity index is 97.4. The predicted molar refractivity (Wildman–Crippen MR) is 43.9 cm³/mol. The van der Waals surface area contributed by atoms with E-state index < -0.39 is 0 Å². The number of hydrogen-bond acceptors (Lipinski definition) is 2. The van der Waals surface area contributed by atoms with Gasteiger partial charge in [0.2, 0.25) is 0 Å². The van der Waals surface area contributed by atoms with Gasteiger partial charge in [0.05, 0.1) is 0 Å². The van der Waals surface area contributed by atoms with Gasteiger partial charge in [0.25, 0.3) is 0 Å². The van der Waals surface area contributed by atoms with Crippen molar-refractivity contribution in [2.75, 3.05) is 19.6 Å². The molecule has 3 N–H and O–H groups in total. The maximum Gasteiger partial charge on any atom is 0.000518 e. The van der Waals surface area contributed by atoms with Crippen LogP contribution < -0.4 is 11.1 Å². The van der Waals surface area contributed by atoms with E-state index in [2.05, 4.69) is 12.2 Å². The third-order valence-corrected chi connectivity index (χ3v) is 2.21. The second kappa shape index (κ2) is 3.35. The standard InChI is InChI=1S/C8H18N2/c1-8(3-4-8)7-10-6-2-5-9/h10H,2-7,9H2,1H3. The van der Waals surface area contributed by atoms with E-state index in [1.807, 2.05) is 0 Å². The molecule has 0 aromatic rings. The van der Waals surface area contributed by atoms with Gasteiger partial charge in [-0.1, -0.05) is 6.92 Å². The largest absolute Gasteiger partial charge is 0.330 e. The van der Waals surface area contributed by atoms with Gasteiger partial charge in [0.1, 0.15) is 0 Å². The van der Waals surface area contributed by atoms with E-state index in [0.29, 0.717) is 5.41 Å². The van der Waals surface area contributed by atoms with Crippen LogP contribution in [-0.4, -0.2) is 19.6 Å². The maximum absolute atomic E-state index is 5.35. The van der Waals surface area contributed by atoms with Gasteiger partial charge < -0.3 is 11.1 Å². The second-order valence-electron chi connectivity index (χ2n) is 3.63. The molecule has 0 aliphatic heterocycles. The van der Waals surface area contributed by atoms with Crippen molar-refractivity contribution in [3.8, 4) is 0 Å². The van der Waals surface area contributed by atoms with Gasteiger partial charge in [-0.25, -0.2) is 0 Å². The zero-order valence-corrected chi connectivity index (χ0v) is 6.82. The van der Waals surface area contributed by atoms with E-state index in [-0.39, 0.29) is 0 Å². The molecule has 1 saturated carbocycles. The minimum atomic E-state index is 0.647. The first kappa shape index (κ1) is 8.02. The van der Waals surface area contributed by atoms with Crippen molar-refractivity contribution in [2.45, 2.75) is 26.2 Å². The molecule has 0 spiro atoms. The Morgan fingerprint density at radius 2 is 2.20 bits per heavy atom. The summed E-state index contributed by atoms with van der Waals surface area (Å²) in [5, 5.41) is 3.41. The van der Waals surface area contributed by atoms with E-state index in [0.717, 1.165) is 19.5 Å². The lowest BCUT2D eigenvalue weighted by atomic mass is 10.1. The molecule has 0 aromatic heterocycles. The van der Waals surface area contributed by atoms with Gasteiger partial charge in [-0.15, -0.1) is 0 Å². The molecule has 0 amide bonds. The zero-order chi connectivity index (χ0) is 7.45. The summed E-state index contributed by atoms with van der Waals surface area (Å²) >= 11 is 0. The van der Waals surface area contributed by atoms with Crippen LogP contribution in [0.3, 0.4) is 0 Å². The molecule has 0 aromatic carbocycles. The van der Waals surface area contributed by atoms with Crippen LogP contribution in [0.15, 0.2) is 0 Å². The van der Waals surface area contributed by atoms with Gasteiger partial charge in [0, 0.05) is 6.54 Å². The molecule has 10 heavy (non-hydrogen) atoms. The molecule has 60 valence electrons. The predicted octanol–water partition coefficient (Wildman–Crippen LogP) is 0.725. The lowest BCUT2D eigenvalue weighted by molar-refractivity contribution is 0.496. The Kier molecular flexibility index (Phi) is 2.69. The average molecular weight is 142 g/mol. The highest BCUT2D eigenvalue weighted by molar-refractivity contribution is 4.90. The Balaban J connectivity index is 1.86. The molecule has 1 aliphatic rings. The van der Waals surface area contributed by atoms with E-state index in [1.165, 1.54) is 19.4 Å². The van der Waals surface area contributed by atoms with E-state index in [9.17, 15) is 0 Å². The second-order valence-corrected chi connectivity index (χ2v) is 3.63. The highest BCUT2D eigenvalue weighted by atomic mass is 14.9. The lowest BCUT2D eigenvalue weighted by Gasteiger charge is -2.08. The molecule has 0 radical (unpaired) electrons. The number of nitrogens with two attached hydrogens (primary N) is 1. The average Bonchev–Trinajstić information content (AvgIpc) is 2.62. The molecular formula is C8H18N2. The molecule has 2 heteroatoms. The van der Waals surface area contributed by atoms with Gasteiger partial charge in [-0.2, -0.15) is 0 Å². The summed E-state index contributed by atoms with van der Waals surface area (Å²) in [4.78, 5) is 0. The molecule has 1 rings (SSSR count). The monoisotopic (exact) mass is 142 g/mol. The number of rotatable bonds is 5. The lowest BCUT2D eigenvalue weighted by Crippen LogP contribution is -2.24. The fourth-order valence-corrected chi connectivity index (χ4v) is 1.01. The summed E-state index contributed by atoms with van der Waals surface area (Å²) in [5.41, 5.74) is 6.00. The fourth-order valence-electron chi connectivity index (χ4n) is 1.01. The topological polar surface area (TPSA) is 38.0 Å². The van der Waals surface area contributed by atoms with Gasteiger partial charge in [-0.05, 0) is 37.8 Å². The smallest absolute Gasteiger partial charge is 0.000518 e. The van der Waals surface area contributed by atoms with Crippen molar-refractivity contribution < 1.29 is 0 Å². The fraction of sp³-hybridized carbons (Fsp3) is 1.00. The minimum Gasteiger partial charge on any atom is -0.330 e. The van der Waals surface area contributed by atoms with Crippen molar-refractivity contribution in [2.24, 2.45) is 11.1 Å². The highest BCUT2D eigenvalue weighted by Gasteiger charge is 2.36. The summed E-state index contributed by atoms with van der Waals surface area (Å²) < 4.78 is 0. The summed E-state index contributed by atoms with van der Waals surface area (Å²) in [6.45, 7) is 5.42. The van der Waals surface area contributed by atoms with E-state index in [1.54, 1.807) is 0 Å². The number of nitrogens with one attached hydrogen (secondary N) is 1. The van der Waals surface area contributed by atoms with E-state index >= 15 is 0 Å².